The molecule has 0 aliphatic carbocycles. The third-order valence-corrected chi connectivity index (χ3v) is 7.05. The molecule has 0 spiro atoms. The Morgan fingerprint density at radius 3 is 2.10 bits per heavy atom. The molecule has 0 aromatic heterocycles. The number of hydrogen-bond donors (Lipinski definition) is 1. The molecule has 9 heteroatoms. The number of likely N-dealkylation sites (N-methyl/N-ethyl adjacent to an activating group) is 1. The number of rotatable bonds is 9. The summed E-state index contributed by atoms with van der Waals surface area (Å²) >= 11 is 0. The van der Waals surface area contributed by atoms with Gasteiger partial charge in [-0.1, -0.05) is 12.1 Å². The lowest BCUT2D eigenvalue weighted by Crippen LogP contribution is -2.48. The van der Waals surface area contributed by atoms with Crippen LogP contribution in [0.1, 0.15) is 11.6 Å². The molecule has 1 atom stereocenters. The minimum absolute atomic E-state index is 0.0567. The predicted octanol–water partition coefficient (Wildman–Crippen LogP) is 1.98. The topological polar surface area (TPSA) is 80.3 Å². The second-order valence-corrected chi connectivity index (χ2v) is 9.23. The van der Waals surface area contributed by atoms with Crippen molar-refractivity contribution in [2.75, 3.05) is 61.1 Å². The Balaban J connectivity index is 1.85. The molecule has 170 valence electrons. The quantitative estimate of drug-likeness (QED) is 0.627. The van der Waals surface area contributed by atoms with Crippen molar-refractivity contribution in [2.45, 2.75) is 10.9 Å². The van der Waals surface area contributed by atoms with E-state index in [0.717, 1.165) is 37.5 Å². The third kappa shape index (κ3) is 5.68. The number of ether oxygens (including phenoxy) is 3. The van der Waals surface area contributed by atoms with Gasteiger partial charge in [0.25, 0.3) is 0 Å². The van der Waals surface area contributed by atoms with Crippen LogP contribution in [0, 0.1) is 0 Å². The lowest BCUT2D eigenvalue weighted by molar-refractivity contribution is 0.113. The van der Waals surface area contributed by atoms with Crippen LogP contribution in [0.25, 0.3) is 0 Å². The highest BCUT2D eigenvalue weighted by molar-refractivity contribution is 7.89. The highest BCUT2D eigenvalue weighted by atomic mass is 32.2. The molecule has 2 aromatic carbocycles. The van der Waals surface area contributed by atoms with Crippen LogP contribution < -0.4 is 18.9 Å². The van der Waals surface area contributed by atoms with Crippen LogP contribution in [-0.4, -0.2) is 79.3 Å². The van der Waals surface area contributed by atoms with E-state index in [4.69, 9.17) is 14.2 Å². The maximum atomic E-state index is 13.2. The summed E-state index contributed by atoms with van der Waals surface area (Å²) in [5.41, 5.74) is 1.03. The first-order chi connectivity index (χ1) is 14.9. The molecule has 1 saturated heterocycles. The summed E-state index contributed by atoms with van der Waals surface area (Å²) in [5, 5.41) is 0. The second-order valence-electron chi connectivity index (χ2n) is 7.50. The Labute approximate surface area is 184 Å². The summed E-state index contributed by atoms with van der Waals surface area (Å²) in [6, 6.07) is 12.4. The summed E-state index contributed by atoms with van der Waals surface area (Å²) < 4.78 is 44.8. The molecule has 2 aromatic rings. The van der Waals surface area contributed by atoms with Gasteiger partial charge in [0.1, 0.15) is 22.1 Å². The van der Waals surface area contributed by atoms with Gasteiger partial charge in [0.05, 0.1) is 21.3 Å². The first-order valence-corrected chi connectivity index (χ1v) is 11.6. The molecule has 1 fully saturated rings. The van der Waals surface area contributed by atoms with Gasteiger partial charge in [0, 0.05) is 44.8 Å². The molecule has 1 heterocycles. The molecule has 0 amide bonds. The fourth-order valence-corrected chi connectivity index (χ4v) is 4.90. The summed E-state index contributed by atoms with van der Waals surface area (Å²) in [5.74, 6) is 1.49. The highest BCUT2D eigenvalue weighted by Crippen LogP contribution is 2.29. The zero-order valence-corrected chi connectivity index (χ0v) is 19.3. The molecule has 0 radical (unpaired) electrons. The summed E-state index contributed by atoms with van der Waals surface area (Å²) in [6.45, 7) is 3.82. The Morgan fingerprint density at radius 1 is 0.903 bits per heavy atom. The van der Waals surface area contributed by atoms with E-state index in [2.05, 4.69) is 21.6 Å². The zero-order valence-electron chi connectivity index (χ0n) is 18.5. The predicted molar refractivity (Wildman–Crippen MR) is 120 cm³/mol. The van der Waals surface area contributed by atoms with Crippen LogP contribution in [0.2, 0.25) is 0 Å². The van der Waals surface area contributed by atoms with Gasteiger partial charge in [-0.3, -0.25) is 4.90 Å². The first-order valence-electron chi connectivity index (χ1n) is 10.2. The molecule has 0 saturated carbocycles. The zero-order chi connectivity index (χ0) is 22.4. The highest BCUT2D eigenvalue weighted by Gasteiger charge is 2.27. The lowest BCUT2D eigenvalue weighted by Gasteiger charge is -2.38. The largest absolute Gasteiger partial charge is 0.497 e. The fourth-order valence-electron chi connectivity index (χ4n) is 3.68. The summed E-state index contributed by atoms with van der Waals surface area (Å²) in [4.78, 5) is 4.64. The van der Waals surface area contributed by atoms with E-state index >= 15 is 0 Å². The number of nitrogens with zero attached hydrogens (tertiary/aromatic N) is 2. The van der Waals surface area contributed by atoms with E-state index < -0.39 is 10.0 Å². The maximum Gasteiger partial charge on any atom is 0.244 e. The molecule has 3 rings (SSSR count). The van der Waals surface area contributed by atoms with Gasteiger partial charge in [-0.15, -0.1) is 0 Å². The average molecular weight is 450 g/mol. The van der Waals surface area contributed by atoms with E-state index in [1.807, 2.05) is 24.3 Å². The van der Waals surface area contributed by atoms with E-state index in [0.29, 0.717) is 5.75 Å². The number of methoxy groups -OCH3 is 3. The first kappa shape index (κ1) is 23.3. The molecule has 1 aliphatic heterocycles. The summed E-state index contributed by atoms with van der Waals surface area (Å²) in [7, 11) is 2.85. The van der Waals surface area contributed by atoms with Crippen molar-refractivity contribution in [1.82, 2.24) is 14.5 Å². The Kier molecular flexibility index (Phi) is 7.77. The van der Waals surface area contributed by atoms with Gasteiger partial charge in [0.2, 0.25) is 10.0 Å². The molecular formula is C22H31N3O5S. The average Bonchev–Trinajstić information content (AvgIpc) is 2.80. The Bertz CT molecular complexity index is 958. The number of sulfonamides is 1. The van der Waals surface area contributed by atoms with Crippen LogP contribution in [0.5, 0.6) is 17.2 Å². The van der Waals surface area contributed by atoms with Crippen molar-refractivity contribution in [3.63, 3.8) is 0 Å². The smallest absolute Gasteiger partial charge is 0.244 e. The Morgan fingerprint density at radius 2 is 1.52 bits per heavy atom. The minimum atomic E-state index is -3.82. The Hall–Kier alpha value is -2.33. The molecule has 0 unspecified atom stereocenters. The van der Waals surface area contributed by atoms with Crippen molar-refractivity contribution in [3.8, 4) is 17.2 Å². The van der Waals surface area contributed by atoms with E-state index in [1.165, 1.54) is 20.3 Å². The van der Waals surface area contributed by atoms with Gasteiger partial charge < -0.3 is 19.1 Å². The number of piperazine rings is 1. The second kappa shape index (κ2) is 10.3. The fraction of sp³-hybridized carbons (Fsp3) is 0.455. The van der Waals surface area contributed by atoms with Gasteiger partial charge in [-0.2, -0.15) is 0 Å². The van der Waals surface area contributed by atoms with Crippen molar-refractivity contribution in [1.29, 1.82) is 0 Å². The molecule has 1 aliphatic rings. The van der Waals surface area contributed by atoms with Crippen molar-refractivity contribution in [3.05, 3.63) is 48.0 Å². The minimum Gasteiger partial charge on any atom is -0.497 e. The maximum absolute atomic E-state index is 13.2. The van der Waals surface area contributed by atoms with Gasteiger partial charge in [0.15, 0.2) is 0 Å². The van der Waals surface area contributed by atoms with E-state index in [9.17, 15) is 8.42 Å². The van der Waals surface area contributed by atoms with Crippen LogP contribution in [-0.2, 0) is 10.0 Å². The lowest BCUT2D eigenvalue weighted by atomic mass is 10.0. The normalized spacial score (nSPS) is 16.6. The number of nitrogens with one attached hydrogen (secondary N) is 1. The van der Waals surface area contributed by atoms with Crippen molar-refractivity contribution in [2.24, 2.45) is 0 Å². The van der Waals surface area contributed by atoms with Crippen LogP contribution in [0.3, 0.4) is 0 Å². The number of benzene rings is 2. The SMILES string of the molecule is COc1ccc([C@@H](CNS(=O)(=O)c2cc(OC)ccc2OC)N2CCN(C)CC2)cc1. The summed E-state index contributed by atoms with van der Waals surface area (Å²) in [6.07, 6.45) is 0. The van der Waals surface area contributed by atoms with Crippen molar-refractivity contribution >= 4 is 10.0 Å². The molecular weight excluding hydrogens is 418 g/mol. The van der Waals surface area contributed by atoms with Crippen LogP contribution >= 0.6 is 0 Å². The molecule has 1 N–H and O–H groups in total. The van der Waals surface area contributed by atoms with Crippen LogP contribution in [0.15, 0.2) is 47.4 Å². The number of hydrogen-bond acceptors (Lipinski definition) is 7. The third-order valence-electron chi connectivity index (χ3n) is 5.61. The van der Waals surface area contributed by atoms with Crippen molar-refractivity contribution < 1.29 is 22.6 Å². The molecule has 31 heavy (non-hydrogen) atoms. The monoisotopic (exact) mass is 449 g/mol. The molecule has 8 nitrogen and oxygen atoms in total. The van der Waals surface area contributed by atoms with E-state index in [1.54, 1.807) is 19.2 Å². The van der Waals surface area contributed by atoms with Gasteiger partial charge in [-0.25, -0.2) is 13.1 Å². The van der Waals surface area contributed by atoms with E-state index in [-0.39, 0.29) is 23.2 Å². The van der Waals surface area contributed by atoms with Crippen LogP contribution in [0.4, 0.5) is 0 Å². The molecule has 0 bridgehead atoms. The standard InChI is InChI=1S/C22H31N3O5S/c1-24-11-13-25(14-12-24)20(17-5-7-18(28-2)8-6-17)16-23-31(26,27)22-15-19(29-3)9-10-21(22)30-4/h5-10,15,20,23H,11-14,16H2,1-4H3/t20-/m1/s1. The van der Waals surface area contributed by atoms with Gasteiger partial charge >= 0.3 is 0 Å². The van der Waals surface area contributed by atoms with Gasteiger partial charge in [-0.05, 0) is 36.9 Å².